The minimum atomic E-state index is 0. The molecule has 0 aromatic rings. The molecule has 0 saturated carbocycles. The van der Waals surface area contributed by atoms with Crippen LogP contribution in [0.5, 0.6) is 0 Å². The maximum atomic E-state index is 2.29. The average molecular weight is 229 g/mol. The van der Waals surface area contributed by atoms with E-state index in [1.807, 2.05) is 0 Å². The molecule has 0 atom stereocenters. The summed E-state index contributed by atoms with van der Waals surface area (Å²) in [6, 6.07) is 0. The van der Waals surface area contributed by atoms with Gasteiger partial charge in [0.1, 0.15) is 0 Å². The van der Waals surface area contributed by atoms with Gasteiger partial charge in [-0.15, -0.1) is 0 Å². The van der Waals surface area contributed by atoms with Gasteiger partial charge in [0, 0.05) is 0 Å². The second kappa shape index (κ2) is 10.1. The van der Waals surface area contributed by atoms with Crippen molar-refractivity contribution < 1.29 is 5.91 Å². The summed E-state index contributed by atoms with van der Waals surface area (Å²) < 4.78 is 1.12. The zero-order chi connectivity index (χ0) is 12.3. The van der Waals surface area contributed by atoms with Gasteiger partial charge in [0.2, 0.25) is 0 Å². The Morgan fingerprint density at radius 3 is 1.38 bits per heavy atom. The number of rotatable bonds is 11. The molecule has 0 fully saturated rings. The fourth-order valence-electron chi connectivity index (χ4n) is 2.07. The van der Waals surface area contributed by atoms with E-state index in [-0.39, 0.29) is 1.43 Å². The van der Waals surface area contributed by atoms with Gasteiger partial charge in [-0.25, -0.2) is 0 Å². The lowest BCUT2D eigenvalue weighted by atomic mass is 10.1. The second-order valence-corrected chi connectivity index (χ2v) is 6.20. The Kier molecular flexibility index (Phi) is 10.1. The number of hydrogen-bond acceptors (Lipinski definition) is 0. The van der Waals surface area contributed by atoms with E-state index < -0.39 is 0 Å². The molecule has 0 aliphatic carbocycles. The molecular weight excluding hydrogens is 194 g/mol. The number of hydrogen-bond donors (Lipinski definition) is 0. The van der Waals surface area contributed by atoms with Crippen molar-refractivity contribution in [2.75, 3.05) is 27.7 Å². The third-order valence-electron chi connectivity index (χ3n) is 3.18. The Hall–Kier alpha value is -0.0400. The Labute approximate surface area is 105 Å². The van der Waals surface area contributed by atoms with Gasteiger partial charge in [-0.1, -0.05) is 58.3 Å². The fourth-order valence-corrected chi connectivity index (χ4v) is 2.07. The lowest BCUT2D eigenvalue weighted by Gasteiger charge is -2.23. The molecule has 0 saturated heterocycles. The van der Waals surface area contributed by atoms with Crippen LogP contribution in [-0.2, 0) is 0 Å². The Bertz CT molecular complexity index is 140. The Morgan fingerprint density at radius 2 is 1.00 bits per heavy atom. The van der Waals surface area contributed by atoms with Crippen LogP contribution in [0.1, 0.15) is 72.6 Å². The standard InChI is InChI=1S/C15H34N.H/c1-5-6-7-8-9-10-11-12-13-14-15-16(2,3)4;/h5-15H2,1-4H3;/q+1;-1. The molecule has 1 heteroatoms. The highest BCUT2D eigenvalue weighted by Gasteiger charge is 2.04. The third-order valence-corrected chi connectivity index (χ3v) is 3.18. The molecule has 0 N–H and O–H groups in total. The van der Waals surface area contributed by atoms with Crippen molar-refractivity contribution in [1.29, 1.82) is 0 Å². The van der Waals surface area contributed by atoms with Crippen molar-refractivity contribution >= 4 is 0 Å². The van der Waals surface area contributed by atoms with E-state index in [1.165, 1.54) is 70.8 Å². The maximum absolute atomic E-state index is 2.29. The molecule has 0 aromatic heterocycles. The quantitative estimate of drug-likeness (QED) is 0.355. The fraction of sp³-hybridized carbons (Fsp3) is 1.00. The van der Waals surface area contributed by atoms with Crippen LogP contribution in [0.15, 0.2) is 0 Å². The van der Waals surface area contributed by atoms with Gasteiger partial charge >= 0.3 is 0 Å². The predicted octanol–water partition coefficient (Wildman–Crippen LogP) is 4.73. The van der Waals surface area contributed by atoms with E-state index in [9.17, 15) is 0 Å². The van der Waals surface area contributed by atoms with Gasteiger partial charge in [0.25, 0.3) is 0 Å². The van der Waals surface area contributed by atoms with Crippen molar-refractivity contribution in [1.82, 2.24) is 0 Å². The summed E-state index contributed by atoms with van der Waals surface area (Å²) in [4.78, 5) is 0. The first-order chi connectivity index (χ1) is 7.56. The van der Waals surface area contributed by atoms with Crippen LogP contribution in [0.3, 0.4) is 0 Å². The van der Waals surface area contributed by atoms with Crippen molar-refractivity contribution in [3.05, 3.63) is 0 Å². The molecule has 0 amide bonds. The van der Waals surface area contributed by atoms with E-state index in [2.05, 4.69) is 28.1 Å². The molecule has 0 heterocycles. The first-order valence-corrected chi connectivity index (χ1v) is 7.36. The van der Waals surface area contributed by atoms with E-state index >= 15 is 0 Å². The van der Waals surface area contributed by atoms with Crippen LogP contribution in [0.25, 0.3) is 0 Å². The van der Waals surface area contributed by atoms with Crippen LogP contribution in [0.4, 0.5) is 0 Å². The number of quaternary nitrogens is 1. The lowest BCUT2D eigenvalue weighted by molar-refractivity contribution is -0.870. The molecule has 0 radical (unpaired) electrons. The molecule has 0 aliphatic rings. The maximum Gasteiger partial charge on any atom is 0.0780 e. The van der Waals surface area contributed by atoms with Crippen LogP contribution < -0.4 is 0 Å². The van der Waals surface area contributed by atoms with E-state index in [1.54, 1.807) is 0 Å². The third kappa shape index (κ3) is 14.0. The smallest absolute Gasteiger partial charge is 0.0780 e. The molecule has 1 nitrogen and oxygen atoms in total. The van der Waals surface area contributed by atoms with Gasteiger partial charge in [0.05, 0.1) is 27.7 Å². The van der Waals surface area contributed by atoms with Gasteiger partial charge in [-0.05, 0) is 12.8 Å². The molecular formula is C15H35N. The largest absolute Gasteiger partial charge is 1.00 e. The summed E-state index contributed by atoms with van der Waals surface area (Å²) in [5.41, 5.74) is 0. The van der Waals surface area contributed by atoms with Gasteiger partial charge in [0.15, 0.2) is 0 Å². The first kappa shape index (κ1) is 16.0. The zero-order valence-corrected chi connectivity index (χ0v) is 12.2. The van der Waals surface area contributed by atoms with E-state index in [4.69, 9.17) is 0 Å². The van der Waals surface area contributed by atoms with Crippen molar-refractivity contribution in [3.8, 4) is 0 Å². The summed E-state index contributed by atoms with van der Waals surface area (Å²) in [5.74, 6) is 0. The van der Waals surface area contributed by atoms with E-state index in [0.717, 1.165) is 4.48 Å². The molecule has 100 valence electrons. The summed E-state index contributed by atoms with van der Waals surface area (Å²) in [6.07, 6.45) is 14.4. The van der Waals surface area contributed by atoms with E-state index in [0.29, 0.717) is 0 Å². The monoisotopic (exact) mass is 229 g/mol. The van der Waals surface area contributed by atoms with Crippen molar-refractivity contribution in [2.45, 2.75) is 71.1 Å². The number of nitrogens with zero attached hydrogens (tertiary/aromatic N) is 1. The van der Waals surface area contributed by atoms with Crippen molar-refractivity contribution in [2.24, 2.45) is 0 Å². The average Bonchev–Trinajstić information content (AvgIpc) is 2.19. The summed E-state index contributed by atoms with van der Waals surface area (Å²) in [5, 5.41) is 0. The molecule has 0 bridgehead atoms. The van der Waals surface area contributed by atoms with Gasteiger partial charge in [-0.2, -0.15) is 0 Å². The molecule has 0 rings (SSSR count). The van der Waals surface area contributed by atoms with Crippen LogP contribution >= 0.6 is 0 Å². The summed E-state index contributed by atoms with van der Waals surface area (Å²) in [7, 11) is 6.86. The molecule has 0 unspecified atom stereocenters. The summed E-state index contributed by atoms with van der Waals surface area (Å²) in [6.45, 7) is 3.62. The normalized spacial score (nSPS) is 12.0. The number of unbranched alkanes of at least 4 members (excludes halogenated alkanes) is 9. The van der Waals surface area contributed by atoms with Gasteiger partial charge in [-0.3, -0.25) is 0 Å². The van der Waals surface area contributed by atoms with Crippen LogP contribution in [0, 0.1) is 0 Å². The van der Waals surface area contributed by atoms with Crippen LogP contribution in [-0.4, -0.2) is 32.2 Å². The molecule has 0 spiro atoms. The minimum absolute atomic E-state index is 0. The highest BCUT2D eigenvalue weighted by atomic mass is 15.3. The molecule has 0 aliphatic heterocycles. The summed E-state index contributed by atoms with van der Waals surface area (Å²) >= 11 is 0. The van der Waals surface area contributed by atoms with Gasteiger partial charge < -0.3 is 5.91 Å². The highest BCUT2D eigenvalue weighted by molar-refractivity contribution is 4.47. The minimum Gasteiger partial charge on any atom is -1.00 e. The first-order valence-electron chi connectivity index (χ1n) is 7.36. The zero-order valence-electron chi connectivity index (χ0n) is 13.2. The SMILES string of the molecule is CCCCCCCCCCCC[N+](C)(C)C.[H-]. The second-order valence-electron chi connectivity index (χ2n) is 6.20. The molecule has 0 aromatic carbocycles. The Balaban J connectivity index is 0. The van der Waals surface area contributed by atoms with Crippen LogP contribution in [0.2, 0.25) is 0 Å². The van der Waals surface area contributed by atoms with Crippen molar-refractivity contribution in [3.63, 3.8) is 0 Å². The predicted molar refractivity (Wildman–Crippen MR) is 75.9 cm³/mol. The lowest BCUT2D eigenvalue weighted by Crippen LogP contribution is -2.35. The topological polar surface area (TPSA) is 0 Å². The highest BCUT2D eigenvalue weighted by Crippen LogP contribution is 2.10. The molecule has 16 heavy (non-hydrogen) atoms. The Morgan fingerprint density at radius 1 is 0.625 bits per heavy atom.